The zero-order chi connectivity index (χ0) is 11.1. The summed E-state index contributed by atoms with van der Waals surface area (Å²) < 4.78 is 0. The summed E-state index contributed by atoms with van der Waals surface area (Å²) in [4.78, 5) is 0. The maximum atomic E-state index is 3.55. The van der Waals surface area contributed by atoms with Gasteiger partial charge in [0.2, 0.25) is 0 Å². The molecule has 0 saturated carbocycles. The van der Waals surface area contributed by atoms with Gasteiger partial charge in [0, 0.05) is 16.8 Å². The van der Waals surface area contributed by atoms with Crippen LogP contribution in [0.2, 0.25) is 0 Å². The Morgan fingerprint density at radius 1 is 0.938 bits per heavy atom. The summed E-state index contributed by atoms with van der Waals surface area (Å²) in [6.07, 6.45) is 0.320. The van der Waals surface area contributed by atoms with Gasteiger partial charge in [0.05, 0.1) is 6.17 Å². The molecule has 0 atom stereocenters. The molecule has 82 valence electrons. The molecule has 2 aromatic rings. The van der Waals surface area contributed by atoms with Gasteiger partial charge in [-0.05, 0) is 23.4 Å². The molecule has 2 aromatic carbocycles. The monoisotopic (exact) mass is 212 g/mol. The van der Waals surface area contributed by atoms with Gasteiger partial charge in [0.1, 0.15) is 0 Å². The Labute approximate surface area is 95.7 Å². The Hall–Kier alpha value is -1.70. The van der Waals surface area contributed by atoms with E-state index in [9.17, 15) is 0 Å². The molecule has 2 N–H and O–H groups in total. The molecule has 1 aliphatic rings. The van der Waals surface area contributed by atoms with Gasteiger partial charge < -0.3 is 10.6 Å². The van der Waals surface area contributed by atoms with E-state index in [-0.39, 0.29) is 0 Å². The van der Waals surface area contributed by atoms with Crippen LogP contribution < -0.4 is 10.6 Å². The van der Waals surface area contributed by atoms with E-state index in [0.717, 1.165) is 0 Å². The van der Waals surface area contributed by atoms with Gasteiger partial charge in [0.15, 0.2) is 0 Å². The number of anilines is 2. The first-order chi connectivity index (χ1) is 7.75. The first-order valence-corrected chi connectivity index (χ1v) is 5.80. The summed E-state index contributed by atoms with van der Waals surface area (Å²) in [6.45, 7) is 4.44. The smallest absolute Gasteiger partial charge is 0.0987 e. The van der Waals surface area contributed by atoms with Crippen molar-refractivity contribution in [2.75, 3.05) is 10.6 Å². The average molecular weight is 212 g/mol. The lowest BCUT2D eigenvalue weighted by atomic mass is 10.0. The van der Waals surface area contributed by atoms with Crippen LogP contribution in [0.5, 0.6) is 0 Å². The molecule has 16 heavy (non-hydrogen) atoms. The fourth-order valence-corrected chi connectivity index (χ4v) is 2.29. The molecule has 3 rings (SSSR count). The third-order valence-electron chi connectivity index (χ3n) is 3.19. The molecule has 0 aliphatic carbocycles. The Bertz CT molecular complexity index is 490. The molecule has 0 spiro atoms. The number of hydrogen-bond acceptors (Lipinski definition) is 2. The number of nitrogens with one attached hydrogen (secondary N) is 2. The second-order valence-corrected chi connectivity index (χ2v) is 4.72. The second-order valence-electron chi connectivity index (χ2n) is 4.72. The molecule has 0 amide bonds. The standard InChI is InChI=1S/C14H16N2/c1-9(2)14-15-11-7-3-5-10-6-4-8-12(16-14)13(10)11/h3-9,14-16H,1-2H3. The third kappa shape index (κ3) is 1.33. The van der Waals surface area contributed by atoms with E-state index in [2.05, 4.69) is 60.9 Å². The summed E-state index contributed by atoms with van der Waals surface area (Å²) in [5, 5.41) is 9.70. The Morgan fingerprint density at radius 2 is 1.50 bits per heavy atom. The van der Waals surface area contributed by atoms with Crippen molar-refractivity contribution in [1.82, 2.24) is 0 Å². The third-order valence-corrected chi connectivity index (χ3v) is 3.19. The number of benzene rings is 2. The van der Waals surface area contributed by atoms with Crippen LogP contribution in [0.25, 0.3) is 10.8 Å². The van der Waals surface area contributed by atoms with Gasteiger partial charge in [-0.2, -0.15) is 0 Å². The normalized spacial score (nSPS) is 14.9. The van der Waals surface area contributed by atoms with Crippen molar-refractivity contribution in [1.29, 1.82) is 0 Å². The van der Waals surface area contributed by atoms with Gasteiger partial charge in [0.25, 0.3) is 0 Å². The van der Waals surface area contributed by atoms with Crippen LogP contribution in [0, 0.1) is 5.92 Å². The molecule has 1 heterocycles. The molecule has 0 unspecified atom stereocenters. The first-order valence-electron chi connectivity index (χ1n) is 5.80. The van der Waals surface area contributed by atoms with Crippen molar-refractivity contribution in [3.63, 3.8) is 0 Å². The highest BCUT2D eigenvalue weighted by molar-refractivity contribution is 6.04. The molecule has 2 nitrogen and oxygen atoms in total. The van der Waals surface area contributed by atoms with Crippen molar-refractivity contribution in [3.8, 4) is 0 Å². The van der Waals surface area contributed by atoms with Crippen molar-refractivity contribution < 1.29 is 0 Å². The zero-order valence-electron chi connectivity index (χ0n) is 9.62. The van der Waals surface area contributed by atoms with E-state index in [0.29, 0.717) is 12.1 Å². The van der Waals surface area contributed by atoms with Crippen LogP contribution in [0.15, 0.2) is 36.4 Å². The van der Waals surface area contributed by atoms with Gasteiger partial charge in [-0.15, -0.1) is 0 Å². The summed E-state index contributed by atoms with van der Waals surface area (Å²) in [5.74, 6) is 0.559. The van der Waals surface area contributed by atoms with Crippen molar-refractivity contribution in [2.24, 2.45) is 5.92 Å². The van der Waals surface area contributed by atoms with E-state index < -0.39 is 0 Å². The van der Waals surface area contributed by atoms with Crippen LogP contribution >= 0.6 is 0 Å². The fraction of sp³-hybridized carbons (Fsp3) is 0.286. The summed E-state index contributed by atoms with van der Waals surface area (Å²) in [5.41, 5.74) is 2.48. The lowest BCUT2D eigenvalue weighted by Crippen LogP contribution is -2.36. The molecule has 0 aromatic heterocycles. The predicted molar refractivity (Wildman–Crippen MR) is 69.8 cm³/mol. The van der Waals surface area contributed by atoms with Gasteiger partial charge in [-0.25, -0.2) is 0 Å². The minimum Gasteiger partial charge on any atom is -0.365 e. The Kier molecular flexibility index (Phi) is 2.03. The minimum atomic E-state index is 0.320. The van der Waals surface area contributed by atoms with Gasteiger partial charge >= 0.3 is 0 Å². The van der Waals surface area contributed by atoms with Crippen molar-refractivity contribution in [3.05, 3.63) is 36.4 Å². The molecule has 0 saturated heterocycles. The van der Waals surface area contributed by atoms with Crippen molar-refractivity contribution >= 4 is 22.1 Å². The zero-order valence-corrected chi connectivity index (χ0v) is 9.62. The minimum absolute atomic E-state index is 0.320. The summed E-state index contributed by atoms with van der Waals surface area (Å²) in [7, 11) is 0. The van der Waals surface area contributed by atoms with E-state index in [1.807, 2.05) is 0 Å². The maximum absolute atomic E-state index is 3.55. The highest BCUT2D eigenvalue weighted by Gasteiger charge is 2.20. The molecular formula is C14H16N2. The predicted octanol–water partition coefficient (Wildman–Crippen LogP) is 3.66. The molecule has 0 fully saturated rings. The van der Waals surface area contributed by atoms with Crippen LogP contribution in [-0.2, 0) is 0 Å². The number of hydrogen-bond donors (Lipinski definition) is 2. The van der Waals surface area contributed by atoms with E-state index in [1.165, 1.54) is 22.1 Å². The second kappa shape index (κ2) is 3.41. The number of rotatable bonds is 1. The quantitative estimate of drug-likeness (QED) is 0.753. The Morgan fingerprint density at radius 3 is 2.00 bits per heavy atom. The van der Waals surface area contributed by atoms with E-state index in [1.54, 1.807) is 0 Å². The van der Waals surface area contributed by atoms with E-state index in [4.69, 9.17) is 0 Å². The van der Waals surface area contributed by atoms with Crippen LogP contribution in [0.3, 0.4) is 0 Å². The molecule has 0 bridgehead atoms. The lowest BCUT2D eigenvalue weighted by molar-refractivity contribution is 0.569. The summed E-state index contributed by atoms with van der Waals surface area (Å²) in [6, 6.07) is 12.8. The largest absolute Gasteiger partial charge is 0.365 e. The summed E-state index contributed by atoms with van der Waals surface area (Å²) >= 11 is 0. The van der Waals surface area contributed by atoms with Gasteiger partial charge in [-0.1, -0.05) is 38.1 Å². The fourth-order valence-electron chi connectivity index (χ4n) is 2.29. The lowest BCUT2D eigenvalue weighted by Gasteiger charge is -2.31. The maximum Gasteiger partial charge on any atom is 0.0987 e. The van der Waals surface area contributed by atoms with Crippen molar-refractivity contribution in [2.45, 2.75) is 20.0 Å². The van der Waals surface area contributed by atoms with Crippen LogP contribution in [0.1, 0.15) is 13.8 Å². The molecule has 0 radical (unpaired) electrons. The molecule has 1 aliphatic heterocycles. The van der Waals surface area contributed by atoms with E-state index >= 15 is 0 Å². The SMILES string of the molecule is CC(C)C1Nc2cccc3cccc(c23)N1. The highest BCUT2D eigenvalue weighted by Crippen LogP contribution is 2.35. The first kappa shape index (κ1) is 9.52. The molecule has 2 heteroatoms. The van der Waals surface area contributed by atoms with Crippen LogP contribution in [-0.4, -0.2) is 6.17 Å². The van der Waals surface area contributed by atoms with Crippen LogP contribution in [0.4, 0.5) is 11.4 Å². The topological polar surface area (TPSA) is 24.1 Å². The average Bonchev–Trinajstić information content (AvgIpc) is 2.29. The Balaban J connectivity index is 2.20. The van der Waals surface area contributed by atoms with Gasteiger partial charge in [-0.3, -0.25) is 0 Å². The highest BCUT2D eigenvalue weighted by atomic mass is 15.2. The molecular weight excluding hydrogens is 196 g/mol.